The van der Waals surface area contributed by atoms with Crippen molar-refractivity contribution in [2.75, 3.05) is 4.31 Å². The van der Waals surface area contributed by atoms with Gasteiger partial charge in [-0.1, -0.05) is 52.8 Å². The SMILES string of the molecule is Cc1cccc(C(C)(C)C)c1N1C(=O)C(C(C)C)OS1=O. The van der Waals surface area contributed by atoms with Gasteiger partial charge in [0.25, 0.3) is 17.2 Å². The number of hydrogen-bond acceptors (Lipinski definition) is 3. The van der Waals surface area contributed by atoms with Crippen LogP contribution in [-0.4, -0.2) is 16.2 Å². The first kappa shape index (κ1) is 16.2. The molecule has 4 nitrogen and oxygen atoms in total. The van der Waals surface area contributed by atoms with E-state index in [1.54, 1.807) is 0 Å². The molecule has 1 aliphatic heterocycles. The zero-order valence-electron chi connectivity index (χ0n) is 13.5. The van der Waals surface area contributed by atoms with Crippen molar-refractivity contribution >= 4 is 22.9 Å². The van der Waals surface area contributed by atoms with Gasteiger partial charge in [0.15, 0.2) is 6.10 Å². The molecule has 1 heterocycles. The van der Waals surface area contributed by atoms with E-state index in [0.717, 1.165) is 16.8 Å². The van der Waals surface area contributed by atoms with Gasteiger partial charge in [0, 0.05) is 0 Å². The number of rotatable bonds is 2. The van der Waals surface area contributed by atoms with E-state index in [4.69, 9.17) is 4.18 Å². The quantitative estimate of drug-likeness (QED) is 0.842. The first-order valence-corrected chi connectivity index (χ1v) is 8.21. The predicted octanol–water partition coefficient (Wildman–Crippen LogP) is 3.26. The van der Waals surface area contributed by atoms with Crippen molar-refractivity contribution in [2.45, 2.75) is 53.1 Å². The molecule has 2 atom stereocenters. The molecule has 1 fully saturated rings. The second-order valence-electron chi connectivity index (χ2n) is 6.83. The number of amides is 1. The Bertz CT molecular complexity index is 590. The molecule has 1 aliphatic rings. The summed E-state index contributed by atoms with van der Waals surface area (Å²) in [5.41, 5.74) is 2.49. The van der Waals surface area contributed by atoms with E-state index in [9.17, 15) is 9.00 Å². The third-order valence-corrected chi connectivity index (χ3v) is 4.67. The van der Waals surface area contributed by atoms with Crippen LogP contribution in [0.4, 0.5) is 5.69 Å². The Kier molecular flexibility index (Phi) is 4.26. The predicted molar refractivity (Wildman–Crippen MR) is 85.2 cm³/mol. The molecule has 0 N–H and O–H groups in total. The van der Waals surface area contributed by atoms with Crippen molar-refractivity contribution in [1.82, 2.24) is 0 Å². The number of carbonyl (C=O) groups excluding carboxylic acids is 1. The van der Waals surface area contributed by atoms with E-state index in [0.29, 0.717) is 0 Å². The molecule has 21 heavy (non-hydrogen) atoms. The highest BCUT2D eigenvalue weighted by Crippen LogP contribution is 2.38. The number of anilines is 1. The zero-order valence-corrected chi connectivity index (χ0v) is 14.3. The summed E-state index contributed by atoms with van der Waals surface area (Å²) in [6.07, 6.45) is -0.641. The maximum absolute atomic E-state index is 12.6. The van der Waals surface area contributed by atoms with Crippen LogP contribution in [0, 0.1) is 12.8 Å². The van der Waals surface area contributed by atoms with E-state index in [-0.39, 0.29) is 17.2 Å². The summed E-state index contributed by atoms with van der Waals surface area (Å²) >= 11 is -1.76. The van der Waals surface area contributed by atoms with Gasteiger partial charge >= 0.3 is 0 Å². The summed E-state index contributed by atoms with van der Waals surface area (Å²) in [6.45, 7) is 12.0. The Morgan fingerprint density at radius 1 is 1.29 bits per heavy atom. The number of hydrogen-bond donors (Lipinski definition) is 0. The third kappa shape index (κ3) is 2.90. The standard InChI is InChI=1S/C16H23NO3S/c1-10(2)14-15(18)17(21(19)20-14)13-11(3)8-7-9-12(13)16(4,5)6/h7-10,14H,1-6H3. The van der Waals surface area contributed by atoms with E-state index in [1.807, 2.05) is 39.0 Å². The van der Waals surface area contributed by atoms with E-state index >= 15 is 0 Å². The Morgan fingerprint density at radius 3 is 2.38 bits per heavy atom. The van der Waals surface area contributed by atoms with Crippen LogP contribution in [0.3, 0.4) is 0 Å². The number of carbonyl (C=O) groups is 1. The lowest BCUT2D eigenvalue weighted by Gasteiger charge is -2.27. The van der Waals surface area contributed by atoms with Crippen molar-refractivity contribution in [3.63, 3.8) is 0 Å². The fourth-order valence-corrected chi connectivity index (χ4v) is 3.69. The molecule has 2 unspecified atom stereocenters. The highest BCUT2D eigenvalue weighted by Gasteiger charge is 2.44. The zero-order chi connectivity index (χ0) is 15.9. The molecule has 1 aromatic carbocycles. The van der Waals surface area contributed by atoms with Gasteiger partial charge in [-0.05, 0) is 29.4 Å². The summed E-state index contributed by atoms with van der Waals surface area (Å²) in [5.74, 6) is -0.225. The van der Waals surface area contributed by atoms with Crippen LogP contribution in [0.5, 0.6) is 0 Å². The van der Waals surface area contributed by atoms with Crippen molar-refractivity contribution in [1.29, 1.82) is 0 Å². The summed E-state index contributed by atoms with van der Waals surface area (Å²) < 4.78 is 19.0. The largest absolute Gasteiger partial charge is 0.272 e. The molecule has 0 bridgehead atoms. The molecule has 1 aromatic rings. The average molecular weight is 309 g/mol. The molecule has 0 aliphatic carbocycles. The number of aryl methyl sites for hydroxylation is 1. The molecule has 5 heteroatoms. The lowest BCUT2D eigenvalue weighted by Crippen LogP contribution is -2.34. The molecular formula is C16H23NO3S. The van der Waals surface area contributed by atoms with Crippen molar-refractivity contribution in [2.24, 2.45) is 5.92 Å². The first-order chi connectivity index (χ1) is 9.64. The van der Waals surface area contributed by atoms with Crippen LogP contribution in [0.2, 0.25) is 0 Å². The topological polar surface area (TPSA) is 46.6 Å². The lowest BCUT2D eigenvalue weighted by molar-refractivity contribution is -0.123. The molecule has 1 saturated heterocycles. The van der Waals surface area contributed by atoms with Gasteiger partial charge in [0.2, 0.25) is 0 Å². The normalized spacial score (nSPS) is 23.2. The van der Waals surface area contributed by atoms with Crippen LogP contribution in [0.15, 0.2) is 18.2 Å². The van der Waals surface area contributed by atoms with Crippen molar-refractivity contribution in [3.8, 4) is 0 Å². The molecule has 0 aromatic heterocycles. The minimum Gasteiger partial charge on any atom is -0.270 e. The molecule has 0 saturated carbocycles. The van der Waals surface area contributed by atoms with Gasteiger partial charge in [-0.2, -0.15) is 0 Å². The Labute approximate surface area is 129 Å². The van der Waals surface area contributed by atoms with Crippen molar-refractivity contribution < 1.29 is 13.2 Å². The van der Waals surface area contributed by atoms with Gasteiger partial charge in [-0.25, -0.2) is 8.51 Å². The molecule has 2 rings (SSSR count). The Hall–Kier alpha value is -1.20. The molecular weight excluding hydrogens is 286 g/mol. The fourth-order valence-electron chi connectivity index (χ4n) is 2.48. The summed E-state index contributed by atoms with van der Waals surface area (Å²) in [4.78, 5) is 12.6. The average Bonchev–Trinajstić information content (AvgIpc) is 2.64. The van der Waals surface area contributed by atoms with Gasteiger partial charge in [0.05, 0.1) is 5.69 Å². The van der Waals surface area contributed by atoms with E-state index < -0.39 is 17.4 Å². The third-order valence-electron chi connectivity index (χ3n) is 3.63. The molecule has 1 amide bonds. The van der Waals surface area contributed by atoms with Gasteiger partial charge in [-0.15, -0.1) is 0 Å². The first-order valence-electron chi connectivity index (χ1n) is 7.17. The van der Waals surface area contributed by atoms with Crippen LogP contribution in [0.25, 0.3) is 0 Å². The van der Waals surface area contributed by atoms with Crippen LogP contribution >= 0.6 is 0 Å². The maximum atomic E-state index is 12.6. The highest BCUT2D eigenvalue weighted by atomic mass is 32.2. The van der Waals surface area contributed by atoms with Gasteiger partial charge in [0.1, 0.15) is 0 Å². The molecule has 0 radical (unpaired) electrons. The summed E-state index contributed by atoms with van der Waals surface area (Å²) in [5, 5.41) is 0. The maximum Gasteiger partial charge on any atom is 0.272 e. The van der Waals surface area contributed by atoms with Crippen molar-refractivity contribution in [3.05, 3.63) is 29.3 Å². The van der Waals surface area contributed by atoms with E-state index in [1.165, 1.54) is 4.31 Å². The van der Waals surface area contributed by atoms with E-state index in [2.05, 4.69) is 20.8 Å². The summed E-state index contributed by atoms with van der Waals surface area (Å²) in [6, 6.07) is 5.87. The molecule has 0 spiro atoms. The lowest BCUT2D eigenvalue weighted by atomic mass is 9.84. The second kappa shape index (κ2) is 5.54. The highest BCUT2D eigenvalue weighted by molar-refractivity contribution is 7.83. The minimum absolute atomic E-state index is 0.00597. The second-order valence-corrected chi connectivity index (χ2v) is 7.82. The smallest absolute Gasteiger partial charge is 0.270 e. The minimum atomic E-state index is -1.76. The number of nitrogens with zero attached hydrogens (tertiary/aromatic N) is 1. The Morgan fingerprint density at radius 2 is 1.90 bits per heavy atom. The molecule has 116 valence electrons. The summed E-state index contributed by atoms with van der Waals surface area (Å²) in [7, 11) is 0. The number of para-hydroxylation sites is 1. The van der Waals surface area contributed by atoms with Crippen LogP contribution in [0.1, 0.15) is 45.7 Å². The number of benzene rings is 1. The monoisotopic (exact) mass is 309 g/mol. The fraction of sp³-hybridized carbons (Fsp3) is 0.562. The Balaban J connectivity index is 2.57. The van der Waals surface area contributed by atoms with Gasteiger partial charge < -0.3 is 0 Å². The van der Waals surface area contributed by atoms with Gasteiger partial charge in [-0.3, -0.25) is 8.98 Å². The van der Waals surface area contributed by atoms with Crippen LogP contribution < -0.4 is 4.31 Å². The van der Waals surface area contributed by atoms with Crippen LogP contribution in [-0.2, 0) is 25.7 Å².